The third-order valence-corrected chi connectivity index (χ3v) is 7.91. The van der Waals surface area contributed by atoms with Gasteiger partial charge in [-0.3, -0.25) is 9.59 Å². The Balaban J connectivity index is 1.24. The van der Waals surface area contributed by atoms with Gasteiger partial charge >= 0.3 is 0 Å². The largest absolute Gasteiger partial charge is 0.376 e. The molecule has 0 spiro atoms. The number of aromatic nitrogens is 3. The smallest absolute Gasteiger partial charge is 0.261 e. The van der Waals surface area contributed by atoms with Gasteiger partial charge in [-0.1, -0.05) is 48.5 Å². The molecule has 3 N–H and O–H groups in total. The molecule has 1 amide bonds. The molecule has 0 unspecified atom stereocenters. The Morgan fingerprint density at radius 3 is 2.40 bits per heavy atom. The van der Waals surface area contributed by atoms with Gasteiger partial charge in [0.1, 0.15) is 18.1 Å². The Bertz CT molecular complexity index is 1740. The summed E-state index contributed by atoms with van der Waals surface area (Å²) in [5.74, 6) is 0.517. The Labute approximate surface area is 244 Å². The van der Waals surface area contributed by atoms with Crippen LogP contribution in [0.5, 0.6) is 0 Å². The maximum absolute atomic E-state index is 13.1. The summed E-state index contributed by atoms with van der Waals surface area (Å²) in [6.45, 7) is 5.05. The number of rotatable bonds is 8. The minimum absolute atomic E-state index is 0.0599. The Hall–Kier alpha value is -4.89. The molecule has 0 bridgehead atoms. The molecule has 0 atom stereocenters. The molecule has 214 valence electrons. The summed E-state index contributed by atoms with van der Waals surface area (Å²) < 4.78 is 0. The lowest BCUT2D eigenvalue weighted by Crippen LogP contribution is -2.48. The predicted octanol–water partition coefficient (Wildman–Crippen LogP) is 4.19. The molecule has 2 aromatic heterocycles. The number of benzene rings is 3. The van der Waals surface area contributed by atoms with Gasteiger partial charge in [-0.15, -0.1) is 0 Å². The normalized spacial score (nSPS) is 13.5. The van der Waals surface area contributed by atoms with Crippen LogP contribution < -0.4 is 15.4 Å². The predicted molar refractivity (Wildman–Crippen MR) is 166 cm³/mol. The Morgan fingerprint density at radius 1 is 0.976 bits per heavy atom. The molecule has 1 saturated heterocycles. The molecular weight excluding hydrogens is 528 g/mol. The van der Waals surface area contributed by atoms with Crippen LogP contribution in [0.3, 0.4) is 0 Å². The van der Waals surface area contributed by atoms with Gasteiger partial charge in [0.15, 0.2) is 0 Å². The maximum Gasteiger partial charge on any atom is 0.261 e. The first-order chi connectivity index (χ1) is 20.5. The molecule has 3 aromatic carbocycles. The summed E-state index contributed by atoms with van der Waals surface area (Å²) in [4.78, 5) is 43.0. The molecule has 1 aliphatic heterocycles. The summed E-state index contributed by atoms with van der Waals surface area (Å²) in [7, 11) is 0. The third-order valence-electron chi connectivity index (χ3n) is 7.91. The van der Waals surface area contributed by atoms with Crippen LogP contribution in [0, 0.1) is 6.92 Å². The quantitative estimate of drug-likeness (QED) is 0.245. The number of aryl methyl sites for hydroxylation is 1. The number of nitrogens with zero attached hydrogens (tertiary/aromatic N) is 4. The van der Waals surface area contributed by atoms with Gasteiger partial charge < -0.3 is 29.8 Å². The molecular formula is C33H34N6O3. The van der Waals surface area contributed by atoms with E-state index in [2.05, 4.69) is 39.1 Å². The summed E-state index contributed by atoms with van der Waals surface area (Å²) >= 11 is 0. The van der Waals surface area contributed by atoms with Crippen molar-refractivity contribution >= 4 is 28.3 Å². The van der Waals surface area contributed by atoms with E-state index >= 15 is 0 Å². The lowest BCUT2D eigenvalue weighted by atomic mass is 10.1. The second-order valence-corrected chi connectivity index (χ2v) is 10.6. The van der Waals surface area contributed by atoms with E-state index in [1.807, 2.05) is 60.4 Å². The van der Waals surface area contributed by atoms with Crippen LogP contribution in [-0.2, 0) is 6.42 Å². The second-order valence-electron chi connectivity index (χ2n) is 10.6. The van der Waals surface area contributed by atoms with Crippen LogP contribution in [-0.4, -0.2) is 70.3 Å². The number of piperazine rings is 1. The van der Waals surface area contributed by atoms with E-state index < -0.39 is 0 Å². The van der Waals surface area contributed by atoms with Crippen LogP contribution in [0.25, 0.3) is 22.4 Å². The van der Waals surface area contributed by atoms with Gasteiger partial charge in [0.2, 0.25) is 0 Å². The van der Waals surface area contributed by atoms with Gasteiger partial charge in [-0.2, -0.15) is 0 Å². The number of carbonyl (C=O) groups excluding carboxylic acids is 1. The van der Waals surface area contributed by atoms with Crippen molar-refractivity contribution in [3.63, 3.8) is 0 Å². The first-order valence-corrected chi connectivity index (χ1v) is 14.2. The van der Waals surface area contributed by atoms with Crippen molar-refractivity contribution in [2.24, 2.45) is 0 Å². The lowest BCUT2D eigenvalue weighted by molar-refractivity contribution is 0.0747. The number of H-pyrrole nitrogens is 2. The van der Waals surface area contributed by atoms with Crippen molar-refractivity contribution in [3.8, 4) is 11.4 Å². The van der Waals surface area contributed by atoms with E-state index in [0.29, 0.717) is 42.3 Å². The van der Waals surface area contributed by atoms with Crippen LogP contribution in [0.4, 0.5) is 11.4 Å². The van der Waals surface area contributed by atoms with Gasteiger partial charge in [0.05, 0.1) is 16.7 Å². The van der Waals surface area contributed by atoms with Crippen molar-refractivity contribution in [1.29, 1.82) is 0 Å². The first-order valence-electron chi connectivity index (χ1n) is 14.2. The van der Waals surface area contributed by atoms with Crippen molar-refractivity contribution < 1.29 is 9.90 Å². The highest BCUT2D eigenvalue weighted by molar-refractivity contribution is 5.94. The van der Waals surface area contributed by atoms with E-state index in [9.17, 15) is 14.7 Å². The minimum atomic E-state index is -0.276. The zero-order chi connectivity index (χ0) is 29.1. The fourth-order valence-corrected chi connectivity index (χ4v) is 5.64. The number of hydrogen-bond donors (Lipinski definition) is 3. The third kappa shape index (κ3) is 5.51. The average molecular weight is 563 g/mol. The van der Waals surface area contributed by atoms with Gasteiger partial charge in [-0.25, -0.2) is 4.98 Å². The molecule has 6 rings (SSSR count). The van der Waals surface area contributed by atoms with Crippen LogP contribution in [0.2, 0.25) is 0 Å². The van der Waals surface area contributed by atoms with E-state index in [0.717, 1.165) is 47.4 Å². The van der Waals surface area contributed by atoms with E-state index in [-0.39, 0.29) is 18.2 Å². The zero-order valence-electron chi connectivity index (χ0n) is 23.6. The Kier molecular flexibility index (Phi) is 7.74. The Morgan fingerprint density at radius 2 is 1.69 bits per heavy atom. The molecule has 3 heterocycles. The first kappa shape index (κ1) is 27.3. The molecule has 5 aromatic rings. The number of nitrogens with one attached hydrogen (secondary N) is 2. The number of aliphatic hydroxyl groups is 1. The van der Waals surface area contributed by atoms with Crippen molar-refractivity contribution in [1.82, 2.24) is 19.9 Å². The fourth-order valence-electron chi connectivity index (χ4n) is 5.64. The number of hydrogen-bond acceptors (Lipinski definition) is 6. The van der Waals surface area contributed by atoms with E-state index in [1.165, 1.54) is 0 Å². The lowest BCUT2D eigenvalue weighted by Gasteiger charge is -2.36. The average Bonchev–Trinajstić information content (AvgIpc) is 3.46. The number of amides is 1. The number of pyridine rings is 1. The molecule has 1 fully saturated rings. The molecule has 0 saturated carbocycles. The molecule has 9 heteroatoms. The molecule has 9 nitrogen and oxygen atoms in total. The molecule has 0 radical (unpaired) electrons. The number of fused-ring (bicyclic) bond motifs is 1. The van der Waals surface area contributed by atoms with E-state index in [4.69, 9.17) is 4.98 Å². The summed E-state index contributed by atoms with van der Waals surface area (Å²) in [5.41, 5.74) is 6.26. The minimum Gasteiger partial charge on any atom is -0.376 e. The van der Waals surface area contributed by atoms with Gasteiger partial charge in [0.25, 0.3) is 11.5 Å². The van der Waals surface area contributed by atoms with Crippen molar-refractivity contribution in [2.45, 2.75) is 13.3 Å². The molecule has 1 aliphatic rings. The second kappa shape index (κ2) is 11.9. The molecule has 0 aliphatic carbocycles. The topological polar surface area (TPSA) is 109 Å². The highest BCUT2D eigenvalue weighted by atomic mass is 16.3. The summed E-state index contributed by atoms with van der Waals surface area (Å²) in [5, 5.41) is 10.3. The zero-order valence-corrected chi connectivity index (χ0v) is 23.6. The summed E-state index contributed by atoms with van der Waals surface area (Å²) in [6.07, 6.45) is 2.32. The number of aromatic amines is 2. The fraction of sp³-hybridized carbons (Fsp3) is 0.242. The number of aliphatic hydroxyl groups excluding tert-OH is 1. The highest BCUT2D eigenvalue weighted by Gasteiger charge is 2.24. The summed E-state index contributed by atoms with van der Waals surface area (Å²) in [6, 6.07) is 25.4. The monoisotopic (exact) mass is 562 g/mol. The SMILES string of the molecule is Cc1cc(N2CCN(C(=O)c3ccccc3)CC2)cc2[nH]c(-c3c(N(CO)CCc4ccccc4)cc[nH]c3=O)nc12. The van der Waals surface area contributed by atoms with Crippen molar-refractivity contribution in [3.05, 3.63) is 112 Å². The van der Waals surface area contributed by atoms with E-state index in [1.54, 1.807) is 17.2 Å². The number of imidazole rings is 1. The van der Waals surface area contributed by atoms with Crippen LogP contribution in [0.1, 0.15) is 21.5 Å². The number of anilines is 2. The highest BCUT2D eigenvalue weighted by Crippen LogP contribution is 2.31. The van der Waals surface area contributed by atoms with Crippen LogP contribution in [0.15, 0.2) is 89.9 Å². The van der Waals surface area contributed by atoms with Gasteiger partial charge in [0, 0.05) is 50.2 Å². The standard InChI is InChI=1S/C33H34N6O3/c1-23-20-26(37-16-18-38(19-17-37)33(42)25-10-6-3-7-11-25)21-27-30(23)36-31(35-27)29-28(12-14-34-32(29)41)39(22-40)15-13-24-8-4-2-5-9-24/h2-12,14,20-21,40H,13,15-19,22H2,1H3,(H,34,41)(H,35,36). The van der Waals surface area contributed by atoms with Gasteiger partial charge in [-0.05, 0) is 54.8 Å². The van der Waals surface area contributed by atoms with Crippen molar-refractivity contribution in [2.75, 3.05) is 49.3 Å². The maximum atomic E-state index is 13.1. The number of carbonyl (C=O) groups is 1. The van der Waals surface area contributed by atoms with Crippen LogP contribution >= 0.6 is 0 Å². The molecule has 42 heavy (non-hydrogen) atoms.